The molecule has 1 aliphatic rings. The van der Waals surface area contributed by atoms with Gasteiger partial charge in [0.1, 0.15) is 5.82 Å². The van der Waals surface area contributed by atoms with Crippen molar-refractivity contribution in [2.75, 3.05) is 18.5 Å². The SMILES string of the molecule is CCNC(C)c1c(F)cccc1N(C)C1CC1. The zero-order valence-corrected chi connectivity index (χ0v) is 10.8. The van der Waals surface area contributed by atoms with Gasteiger partial charge in [-0.2, -0.15) is 0 Å². The average molecular weight is 236 g/mol. The highest BCUT2D eigenvalue weighted by Crippen LogP contribution is 2.35. The summed E-state index contributed by atoms with van der Waals surface area (Å²) in [6.45, 7) is 4.91. The Morgan fingerprint density at radius 3 is 2.76 bits per heavy atom. The molecule has 0 aliphatic heterocycles. The molecule has 94 valence electrons. The largest absolute Gasteiger partial charge is 0.371 e. The van der Waals surface area contributed by atoms with Crippen LogP contribution >= 0.6 is 0 Å². The molecular weight excluding hydrogens is 215 g/mol. The van der Waals surface area contributed by atoms with E-state index in [4.69, 9.17) is 0 Å². The average Bonchev–Trinajstić information content (AvgIpc) is 3.11. The fraction of sp³-hybridized carbons (Fsp3) is 0.571. The number of benzene rings is 1. The van der Waals surface area contributed by atoms with E-state index in [0.717, 1.165) is 17.8 Å². The lowest BCUT2D eigenvalue weighted by atomic mass is 10.0. The van der Waals surface area contributed by atoms with E-state index in [-0.39, 0.29) is 11.9 Å². The van der Waals surface area contributed by atoms with Crippen LogP contribution in [0.1, 0.15) is 38.3 Å². The highest BCUT2D eigenvalue weighted by atomic mass is 19.1. The van der Waals surface area contributed by atoms with Gasteiger partial charge in [-0.25, -0.2) is 4.39 Å². The number of hydrogen-bond acceptors (Lipinski definition) is 2. The van der Waals surface area contributed by atoms with Gasteiger partial charge in [0.15, 0.2) is 0 Å². The monoisotopic (exact) mass is 236 g/mol. The minimum Gasteiger partial charge on any atom is -0.371 e. The van der Waals surface area contributed by atoms with Crippen molar-refractivity contribution in [2.24, 2.45) is 0 Å². The van der Waals surface area contributed by atoms with E-state index in [0.29, 0.717) is 6.04 Å². The highest BCUT2D eigenvalue weighted by molar-refractivity contribution is 5.56. The van der Waals surface area contributed by atoms with Crippen molar-refractivity contribution < 1.29 is 4.39 Å². The smallest absolute Gasteiger partial charge is 0.130 e. The van der Waals surface area contributed by atoms with Gasteiger partial charge in [0.05, 0.1) is 0 Å². The first-order valence-electron chi connectivity index (χ1n) is 6.39. The summed E-state index contributed by atoms with van der Waals surface area (Å²) >= 11 is 0. The van der Waals surface area contributed by atoms with Crippen molar-refractivity contribution in [1.82, 2.24) is 5.32 Å². The molecule has 0 heterocycles. The van der Waals surface area contributed by atoms with E-state index >= 15 is 0 Å². The lowest BCUT2D eigenvalue weighted by Crippen LogP contribution is -2.25. The Labute approximate surface area is 103 Å². The molecule has 17 heavy (non-hydrogen) atoms. The fourth-order valence-electron chi connectivity index (χ4n) is 2.33. The standard InChI is InChI=1S/C14H21FN2/c1-4-16-10(2)14-12(15)6-5-7-13(14)17(3)11-8-9-11/h5-7,10-11,16H,4,8-9H2,1-3H3. The maximum Gasteiger partial charge on any atom is 0.130 e. The summed E-state index contributed by atoms with van der Waals surface area (Å²) in [4.78, 5) is 2.21. The van der Waals surface area contributed by atoms with Crippen LogP contribution in [0.4, 0.5) is 10.1 Å². The second kappa shape index (κ2) is 5.05. The van der Waals surface area contributed by atoms with Crippen LogP contribution in [0.5, 0.6) is 0 Å². The second-order valence-corrected chi connectivity index (χ2v) is 4.79. The second-order valence-electron chi connectivity index (χ2n) is 4.79. The van der Waals surface area contributed by atoms with Crippen molar-refractivity contribution in [3.8, 4) is 0 Å². The predicted octanol–water partition coefficient (Wildman–Crippen LogP) is 3.09. The lowest BCUT2D eigenvalue weighted by Gasteiger charge is -2.25. The zero-order valence-electron chi connectivity index (χ0n) is 10.8. The van der Waals surface area contributed by atoms with E-state index in [1.54, 1.807) is 12.1 Å². The Morgan fingerprint density at radius 1 is 1.47 bits per heavy atom. The van der Waals surface area contributed by atoms with E-state index in [1.807, 2.05) is 19.9 Å². The molecule has 1 atom stereocenters. The fourth-order valence-corrected chi connectivity index (χ4v) is 2.33. The van der Waals surface area contributed by atoms with Gasteiger partial charge in [-0.05, 0) is 38.4 Å². The number of halogens is 1. The summed E-state index contributed by atoms with van der Waals surface area (Å²) < 4.78 is 14.0. The van der Waals surface area contributed by atoms with Crippen LogP contribution in [-0.4, -0.2) is 19.6 Å². The van der Waals surface area contributed by atoms with Gasteiger partial charge in [-0.3, -0.25) is 0 Å². The molecule has 0 amide bonds. The van der Waals surface area contributed by atoms with Crippen LogP contribution < -0.4 is 10.2 Å². The molecule has 0 aromatic heterocycles. The Bertz CT molecular complexity index is 388. The minimum atomic E-state index is -0.108. The minimum absolute atomic E-state index is 0.0531. The molecule has 0 saturated heterocycles. The maximum atomic E-state index is 14.0. The van der Waals surface area contributed by atoms with Crippen molar-refractivity contribution in [3.05, 3.63) is 29.6 Å². The van der Waals surface area contributed by atoms with Crippen LogP contribution in [-0.2, 0) is 0 Å². The lowest BCUT2D eigenvalue weighted by molar-refractivity contribution is 0.540. The number of nitrogens with one attached hydrogen (secondary N) is 1. The van der Waals surface area contributed by atoms with Crippen LogP contribution in [0.15, 0.2) is 18.2 Å². The van der Waals surface area contributed by atoms with Crippen LogP contribution in [0, 0.1) is 5.82 Å². The van der Waals surface area contributed by atoms with E-state index < -0.39 is 0 Å². The summed E-state index contributed by atoms with van der Waals surface area (Å²) in [6.07, 6.45) is 2.45. The van der Waals surface area contributed by atoms with Crippen LogP contribution in [0.3, 0.4) is 0 Å². The molecule has 0 radical (unpaired) electrons. The quantitative estimate of drug-likeness (QED) is 0.845. The molecule has 0 spiro atoms. The maximum absolute atomic E-state index is 14.0. The Hall–Kier alpha value is -1.09. The van der Waals surface area contributed by atoms with Gasteiger partial charge >= 0.3 is 0 Å². The van der Waals surface area contributed by atoms with Gasteiger partial charge in [0.25, 0.3) is 0 Å². The topological polar surface area (TPSA) is 15.3 Å². The third kappa shape index (κ3) is 2.60. The van der Waals surface area contributed by atoms with Crippen LogP contribution in [0.25, 0.3) is 0 Å². The Morgan fingerprint density at radius 2 is 2.18 bits per heavy atom. The van der Waals surface area contributed by atoms with Gasteiger partial charge < -0.3 is 10.2 Å². The highest BCUT2D eigenvalue weighted by Gasteiger charge is 2.29. The molecular formula is C14H21FN2. The summed E-state index contributed by atoms with van der Waals surface area (Å²) in [5.41, 5.74) is 1.82. The number of rotatable bonds is 5. The van der Waals surface area contributed by atoms with Gasteiger partial charge in [0.2, 0.25) is 0 Å². The van der Waals surface area contributed by atoms with Gasteiger partial charge in [0, 0.05) is 30.4 Å². The molecule has 1 unspecified atom stereocenters. The third-order valence-corrected chi connectivity index (χ3v) is 3.45. The van der Waals surface area contributed by atoms with E-state index in [9.17, 15) is 4.39 Å². The molecule has 2 rings (SSSR count). The molecule has 1 fully saturated rings. The molecule has 2 nitrogen and oxygen atoms in total. The Balaban J connectivity index is 2.32. The van der Waals surface area contributed by atoms with Crippen molar-refractivity contribution in [2.45, 2.75) is 38.8 Å². The molecule has 1 aromatic rings. The first kappa shape index (κ1) is 12.4. The van der Waals surface area contributed by atoms with Crippen molar-refractivity contribution in [3.63, 3.8) is 0 Å². The Kier molecular flexibility index (Phi) is 3.67. The van der Waals surface area contributed by atoms with Crippen LogP contribution in [0.2, 0.25) is 0 Å². The normalized spacial score (nSPS) is 16.9. The van der Waals surface area contributed by atoms with Gasteiger partial charge in [-0.1, -0.05) is 13.0 Å². The first-order valence-corrected chi connectivity index (χ1v) is 6.39. The summed E-state index contributed by atoms with van der Waals surface area (Å²) in [5, 5.41) is 3.29. The summed E-state index contributed by atoms with van der Waals surface area (Å²) in [7, 11) is 2.06. The zero-order chi connectivity index (χ0) is 12.4. The van der Waals surface area contributed by atoms with E-state index in [2.05, 4.69) is 17.3 Å². The molecule has 3 heteroatoms. The predicted molar refractivity (Wildman–Crippen MR) is 69.9 cm³/mol. The van der Waals surface area contributed by atoms with Crippen molar-refractivity contribution in [1.29, 1.82) is 0 Å². The van der Waals surface area contributed by atoms with E-state index in [1.165, 1.54) is 12.8 Å². The molecule has 1 saturated carbocycles. The number of anilines is 1. The molecule has 0 bridgehead atoms. The number of nitrogens with zero attached hydrogens (tertiary/aromatic N) is 1. The number of hydrogen-bond donors (Lipinski definition) is 1. The van der Waals surface area contributed by atoms with Crippen molar-refractivity contribution >= 4 is 5.69 Å². The summed E-state index contributed by atoms with van der Waals surface area (Å²) in [6, 6.07) is 6.02. The molecule has 1 aliphatic carbocycles. The first-order chi connectivity index (χ1) is 8.15. The third-order valence-electron chi connectivity index (χ3n) is 3.45. The summed E-state index contributed by atoms with van der Waals surface area (Å²) in [5.74, 6) is -0.108. The molecule has 1 aromatic carbocycles. The van der Waals surface area contributed by atoms with Gasteiger partial charge in [-0.15, -0.1) is 0 Å². The molecule has 1 N–H and O–H groups in total.